The van der Waals surface area contributed by atoms with Gasteiger partial charge in [-0.05, 0) is 25.5 Å². The summed E-state index contributed by atoms with van der Waals surface area (Å²) in [5.41, 5.74) is 1.32. The molecular weight excluding hydrogens is 139 g/mol. The van der Waals surface area contributed by atoms with Gasteiger partial charge in [0.15, 0.2) is 0 Å². The third kappa shape index (κ3) is 5.59. The molecule has 0 saturated heterocycles. The van der Waals surface area contributed by atoms with Crippen LogP contribution in [0.2, 0.25) is 0 Å². The molecule has 0 heterocycles. The van der Waals surface area contributed by atoms with Gasteiger partial charge in [0.2, 0.25) is 0 Å². The fourth-order valence-electron chi connectivity index (χ4n) is 0.357. The maximum absolute atomic E-state index is 12.5. The Morgan fingerprint density at radius 2 is 1.64 bits per heavy atom. The molecule has 1 heteroatoms. The van der Waals surface area contributed by atoms with Crippen molar-refractivity contribution in [2.45, 2.75) is 27.7 Å². The van der Waals surface area contributed by atoms with Gasteiger partial charge in [0.1, 0.15) is 5.83 Å². The molecular formula is C10H17F. The fourth-order valence-corrected chi connectivity index (χ4v) is 0.357. The summed E-state index contributed by atoms with van der Waals surface area (Å²) < 4.78 is 12.5. The maximum Gasteiger partial charge on any atom is 0.125 e. The standard InChI is InChI=1S/C8H11F.C2H6/c1-5-8(9)7(4)6(2)3;1-2/h5H,1-2H2,3-4H3;1-2H3/b8-7+;. The van der Waals surface area contributed by atoms with Crippen molar-refractivity contribution in [3.8, 4) is 0 Å². The highest BCUT2D eigenvalue weighted by Crippen LogP contribution is 2.13. The van der Waals surface area contributed by atoms with Gasteiger partial charge in [-0.25, -0.2) is 4.39 Å². The van der Waals surface area contributed by atoms with Crippen molar-refractivity contribution in [2.75, 3.05) is 0 Å². The highest BCUT2D eigenvalue weighted by Gasteiger charge is 1.95. The van der Waals surface area contributed by atoms with Crippen LogP contribution in [0.15, 0.2) is 36.2 Å². The zero-order chi connectivity index (χ0) is 9.44. The Morgan fingerprint density at radius 1 is 1.27 bits per heavy atom. The van der Waals surface area contributed by atoms with Crippen LogP contribution in [0.4, 0.5) is 4.39 Å². The molecule has 0 unspecified atom stereocenters. The van der Waals surface area contributed by atoms with E-state index >= 15 is 0 Å². The van der Waals surface area contributed by atoms with Gasteiger partial charge in [0.25, 0.3) is 0 Å². The molecule has 0 aromatic rings. The first-order valence-electron chi connectivity index (χ1n) is 3.74. The van der Waals surface area contributed by atoms with Crippen molar-refractivity contribution >= 4 is 0 Å². The van der Waals surface area contributed by atoms with Crippen LogP contribution in [0.3, 0.4) is 0 Å². The van der Waals surface area contributed by atoms with Gasteiger partial charge in [-0.3, -0.25) is 0 Å². The van der Waals surface area contributed by atoms with Gasteiger partial charge in [-0.15, -0.1) is 0 Å². The molecule has 0 atom stereocenters. The molecule has 11 heavy (non-hydrogen) atoms. The van der Waals surface area contributed by atoms with Crippen molar-refractivity contribution in [3.05, 3.63) is 36.2 Å². The molecule has 0 aromatic carbocycles. The largest absolute Gasteiger partial charge is 0.207 e. The molecule has 0 aliphatic rings. The van der Waals surface area contributed by atoms with Gasteiger partial charge in [0.05, 0.1) is 0 Å². The van der Waals surface area contributed by atoms with Crippen molar-refractivity contribution in [1.82, 2.24) is 0 Å². The molecule has 0 saturated carbocycles. The van der Waals surface area contributed by atoms with Crippen LogP contribution in [-0.2, 0) is 0 Å². The smallest absolute Gasteiger partial charge is 0.125 e. The van der Waals surface area contributed by atoms with Crippen LogP contribution in [0.5, 0.6) is 0 Å². The van der Waals surface area contributed by atoms with E-state index in [1.165, 1.54) is 6.08 Å². The molecule has 0 fully saturated rings. The highest BCUT2D eigenvalue weighted by atomic mass is 19.1. The number of hydrogen-bond donors (Lipinski definition) is 0. The lowest BCUT2D eigenvalue weighted by Crippen LogP contribution is -1.78. The molecule has 0 rings (SSSR count). The minimum absolute atomic E-state index is 0.289. The minimum atomic E-state index is -0.289. The van der Waals surface area contributed by atoms with Crippen molar-refractivity contribution in [3.63, 3.8) is 0 Å². The Labute approximate surface area is 69.1 Å². The average molecular weight is 156 g/mol. The summed E-state index contributed by atoms with van der Waals surface area (Å²) in [7, 11) is 0. The van der Waals surface area contributed by atoms with E-state index in [9.17, 15) is 4.39 Å². The van der Waals surface area contributed by atoms with Crippen LogP contribution in [0, 0.1) is 0 Å². The van der Waals surface area contributed by atoms with Gasteiger partial charge < -0.3 is 0 Å². The summed E-state index contributed by atoms with van der Waals surface area (Å²) in [6.07, 6.45) is 1.18. The quantitative estimate of drug-likeness (QED) is 0.530. The van der Waals surface area contributed by atoms with E-state index in [2.05, 4.69) is 13.2 Å². The summed E-state index contributed by atoms with van der Waals surface area (Å²) in [6, 6.07) is 0. The summed E-state index contributed by atoms with van der Waals surface area (Å²) >= 11 is 0. The Morgan fingerprint density at radius 3 is 1.73 bits per heavy atom. The lowest BCUT2D eigenvalue weighted by Gasteiger charge is -1.96. The first kappa shape index (κ1) is 12.8. The number of allylic oxidation sites excluding steroid dienone is 4. The van der Waals surface area contributed by atoms with Crippen LogP contribution >= 0.6 is 0 Å². The van der Waals surface area contributed by atoms with Crippen LogP contribution < -0.4 is 0 Å². The van der Waals surface area contributed by atoms with E-state index in [1.54, 1.807) is 13.8 Å². The molecule has 0 spiro atoms. The highest BCUT2D eigenvalue weighted by molar-refractivity contribution is 5.31. The van der Waals surface area contributed by atoms with Crippen molar-refractivity contribution in [2.24, 2.45) is 0 Å². The Balaban J connectivity index is 0. The van der Waals surface area contributed by atoms with E-state index in [0.717, 1.165) is 5.57 Å². The summed E-state index contributed by atoms with van der Waals surface area (Å²) in [5, 5.41) is 0. The first-order valence-corrected chi connectivity index (χ1v) is 3.74. The summed E-state index contributed by atoms with van der Waals surface area (Å²) in [6.45, 7) is 14.3. The summed E-state index contributed by atoms with van der Waals surface area (Å²) in [4.78, 5) is 0. The second-order valence-corrected chi connectivity index (χ2v) is 1.96. The topological polar surface area (TPSA) is 0 Å². The number of halogens is 1. The first-order chi connectivity index (χ1) is 5.09. The molecule has 0 aliphatic carbocycles. The lowest BCUT2D eigenvalue weighted by atomic mass is 10.1. The van der Waals surface area contributed by atoms with Gasteiger partial charge in [-0.1, -0.05) is 32.6 Å². The van der Waals surface area contributed by atoms with E-state index in [4.69, 9.17) is 0 Å². The van der Waals surface area contributed by atoms with E-state index in [0.29, 0.717) is 5.57 Å². The van der Waals surface area contributed by atoms with Gasteiger partial charge in [-0.2, -0.15) is 0 Å². The van der Waals surface area contributed by atoms with Crippen LogP contribution in [-0.4, -0.2) is 0 Å². The third-order valence-corrected chi connectivity index (χ3v) is 1.18. The van der Waals surface area contributed by atoms with E-state index in [1.807, 2.05) is 13.8 Å². The summed E-state index contributed by atoms with van der Waals surface area (Å²) in [5.74, 6) is -0.289. The van der Waals surface area contributed by atoms with Gasteiger partial charge >= 0.3 is 0 Å². The zero-order valence-corrected chi connectivity index (χ0v) is 7.87. The number of rotatable bonds is 2. The molecule has 64 valence electrons. The minimum Gasteiger partial charge on any atom is -0.207 e. The number of hydrogen-bond acceptors (Lipinski definition) is 0. The van der Waals surface area contributed by atoms with E-state index in [-0.39, 0.29) is 5.83 Å². The van der Waals surface area contributed by atoms with E-state index < -0.39 is 0 Å². The molecule has 0 N–H and O–H groups in total. The second kappa shape index (κ2) is 7.26. The normalized spacial score (nSPS) is 10.6. The van der Waals surface area contributed by atoms with Crippen LogP contribution in [0.1, 0.15) is 27.7 Å². The molecule has 0 radical (unpaired) electrons. The van der Waals surface area contributed by atoms with Crippen molar-refractivity contribution < 1.29 is 4.39 Å². The lowest BCUT2D eigenvalue weighted by molar-refractivity contribution is 0.657. The van der Waals surface area contributed by atoms with Crippen LogP contribution in [0.25, 0.3) is 0 Å². The van der Waals surface area contributed by atoms with Gasteiger partial charge in [0, 0.05) is 0 Å². The molecule has 0 aromatic heterocycles. The molecule has 0 amide bonds. The zero-order valence-electron chi connectivity index (χ0n) is 7.87. The second-order valence-electron chi connectivity index (χ2n) is 1.96. The predicted molar refractivity (Wildman–Crippen MR) is 50.2 cm³/mol. The maximum atomic E-state index is 12.5. The fraction of sp³-hybridized carbons (Fsp3) is 0.400. The SMILES string of the molecule is C=C/C(F)=C(/C)C(=C)C.CC. The Kier molecular flexibility index (Phi) is 8.44. The average Bonchev–Trinajstić information content (AvgIpc) is 2.05. The predicted octanol–water partition coefficient (Wildman–Crippen LogP) is 4.02. The Hall–Kier alpha value is -0.850. The molecule has 0 nitrogen and oxygen atoms in total. The monoisotopic (exact) mass is 156 g/mol. The molecule has 0 bridgehead atoms. The van der Waals surface area contributed by atoms with Crippen molar-refractivity contribution in [1.29, 1.82) is 0 Å². The molecule has 0 aliphatic heterocycles. The third-order valence-electron chi connectivity index (χ3n) is 1.18. The Bertz CT molecular complexity index is 164.